The van der Waals surface area contributed by atoms with Gasteiger partial charge in [0, 0.05) is 17.4 Å². The minimum atomic E-state index is 0.400. The summed E-state index contributed by atoms with van der Waals surface area (Å²) in [7, 11) is 2.05. The first-order valence-corrected chi connectivity index (χ1v) is 4.85. The third-order valence-electron chi connectivity index (χ3n) is 2.90. The topological polar surface area (TPSA) is 24.9 Å². The molecular weight excluding hydrogens is 160 g/mol. The monoisotopic (exact) mass is 176 g/mol. The summed E-state index contributed by atoms with van der Waals surface area (Å²) in [5.41, 5.74) is 2.84. The molecule has 1 aliphatic rings. The standard InChI is InChI=1S/C11H16N2/c1-9-3-4-10(8-13-9)7-11(12-2)5-6-11/h3-4,8,12H,5-7H2,1-2H3. The summed E-state index contributed by atoms with van der Waals surface area (Å²) in [5, 5.41) is 3.39. The van der Waals surface area contributed by atoms with Crippen LogP contribution in [0.3, 0.4) is 0 Å². The maximum Gasteiger partial charge on any atom is 0.0372 e. The molecule has 1 fully saturated rings. The van der Waals surface area contributed by atoms with Gasteiger partial charge in [-0.15, -0.1) is 0 Å². The van der Waals surface area contributed by atoms with Gasteiger partial charge in [-0.2, -0.15) is 0 Å². The predicted octanol–water partition coefficient (Wildman–Crippen LogP) is 1.68. The van der Waals surface area contributed by atoms with Crippen LogP contribution in [0.1, 0.15) is 24.1 Å². The number of aryl methyl sites for hydroxylation is 1. The smallest absolute Gasteiger partial charge is 0.0372 e. The highest BCUT2D eigenvalue weighted by Crippen LogP contribution is 2.37. The zero-order valence-electron chi connectivity index (χ0n) is 8.30. The Morgan fingerprint density at radius 1 is 1.46 bits per heavy atom. The van der Waals surface area contributed by atoms with Gasteiger partial charge in [0.25, 0.3) is 0 Å². The molecule has 0 aromatic carbocycles. The van der Waals surface area contributed by atoms with Gasteiger partial charge >= 0.3 is 0 Å². The van der Waals surface area contributed by atoms with Gasteiger partial charge in [0.15, 0.2) is 0 Å². The van der Waals surface area contributed by atoms with Crippen LogP contribution in [0.25, 0.3) is 0 Å². The zero-order valence-corrected chi connectivity index (χ0v) is 8.30. The summed E-state index contributed by atoms with van der Waals surface area (Å²) in [6.45, 7) is 2.02. The number of pyridine rings is 1. The zero-order chi connectivity index (χ0) is 9.31. The van der Waals surface area contributed by atoms with Gasteiger partial charge in [0.05, 0.1) is 0 Å². The van der Waals surface area contributed by atoms with Crippen LogP contribution in [-0.2, 0) is 6.42 Å². The van der Waals surface area contributed by atoms with Crippen molar-refractivity contribution in [2.45, 2.75) is 31.7 Å². The Bertz CT molecular complexity index is 285. The van der Waals surface area contributed by atoms with E-state index in [0.29, 0.717) is 5.54 Å². The number of nitrogens with one attached hydrogen (secondary N) is 1. The Balaban J connectivity index is 2.06. The fraction of sp³-hybridized carbons (Fsp3) is 0.545. The minimum absolute atomic E-state index is 0.400. The molecule has 1 N–H and O–H groups in total. The average Bonchev–Trinajstić information content (AvgIpc) is 2.90. The van der Waals surface area contributed by atoms with Gasteiger partial charge in [0.2, 0.25) is 0 Å². The molecule has 2 nitrogen and oxygen atoms in total. The number of aromatic nitrogens is 1. The molecule has 13 heavy (non-hydrogen) atoms. The van der Waals surface area contributed by atoms with Crippen LogP contribution in [0.5, 0.6) is 0 Å². The summed E-state index contributed by atoms with van der Waals surface area (Å²) >= 11 is 0. The number of likely N-dealkylation sites (N-methyl/N-ethyl adjacent to an activating group) is 1. The van der Waals surface area contributed by atoms with Gasteiger partial charge in [-0.25, -0.2) is 0 Å². The van der Waals surface area contributed by atoms with E-state index >= 15 is 0 Å². The number of rotatable bonds is 3. The maximum absolute atomic E-state index is 4.30. The van der Waals surface area contributed by atoms with E-state index in [1.54, 1.807) is 0 Å². The molecule has 0 radical (unpaired) electrons. The van der Waals surface area contributed by atoms with Crippen molar-refractivity contribution < 1.29 is 0 Å². The van der Waals surface area contributed by atoms with Crippen molar-refractivity contribution in [3.05, 3.63) is 29.6 Å². The lowest BCUT2D eigenvalue weighted by molar-refractivity contribution is 0.548. The van der Waals surface area contributed by atoms with Crippen LogP contribution in [0, 0.1) is 6.92 Å². The molecule has 0 spiro atoms. The van der Waals surface area contributed by atoms with Crippen molar-refractivity contribution in [2.24, 2.45) is 0 Å². The highest BCUT2D eigenvalue weighted by molar-refractivity contribution is 5.19. The Morgan fingerprint density at radius 3 is 2.69 bits per heavy atom. The fourth-order valence-corrected chi connectivity index (χ4v) is 1.66. The van der Waals surface area contributed by atoms with Gasteiger partial charge in [-0.3, -0.25) is 4.98 Å². The Kier molecular flexibility index (Phi) is 2.08. The van der Waals surface area contributed by atoms with Gasteiger partial charge in [0.1, 0.15) is 0 Å². The van der Waals surface area contributed by atoms with Crippen molar-refractivity contribution in [1.29, 1.82) is 0 Å². The van der Waals surface area contributed by atoms with Gasteiger partial charge < -0.3 is 5.32 Å². The maximum atomic E-state index is 4.30. The van der Waals surface area contributed by atoms with Crippen molar-refractivity contribution in [1.82, 2.24) is 10.3 Å². The van der Waals surface area contributed by atoms with Crippen molar-refractivity contribution in [3.63, 3.8) is 0 Å². The first kappa shape index (κ1) is 8.70. The summed E-state index contributed by atoms with van der Waals surface area (Å²) in [6, 6.07) is 4.26. The lowest BCUT2D eigenvalue weighted by atomic mass is 10.1. The Labute approximate surface area is 79.4 Å². The molecule has 1 aliphatic carbocycles. The van der Waals surface area contributed by atoms with Crippen molar-refractivity contribution in [3.8, 4) is 0 Å². The normalized spacial score (nSPS) is 18.6. The number of nitrogens with zero attached hydrogens (tertiary/aromatic N) is 1. The molecule has 2 rings (SSSR count). The van der Waals surface area contributed by atoms with E-state index in [2.05, 4.69) is 29.5 Å². The lowest BCUT2D eigenvalue weighted by Crippen LogP contribution is -2.29. The van der Waals surface area contributed by atoms with E-state index in [4.69, 9.17) is 0 Å². The summed E-state index contributed by atoms with van der Waals surface area (Å²) in [6.07, 6.45) is 5.72. The van der Waals surface area contributed by atoms with Gasteiger partial charge in [-0.05, 0) is 44.9 Å². The molecule has 1 aromatic rings. The van der Waals surface area contributed by atoms with E-state index in [1.165, 1.54) is 18.4 Å². The minimum Gasteiger partial charge on any atom is -0.314 e. The molecule has 70 valence electrons. The molecule has 0 atom stereocenters. The molecule has 1 aromatic heterocycles. The van der Waals surface area contributed by atoms with Crippen LogP contribution in [0.2, 0.25) is 0 Å². The molecule has 0 unspecified atom stereocenters. The molecule has 0 aliphatic heterocycles. The van der Waals surface area contributed by atoms with Crippen molar-refractivity contribution >= 4 is 0 Å². The van der Waals surface area contributed by atoms with Crippen LogP contribution < -0.4 is 5.32 Å². The molecule has 0 saturated heterocycles. The first-order chi connectivity index (χ1) is 6.24. The molecule has 0 amide bonds. The number of hydrogen-bond donors (Lipinski definition) is 1. The van der Waals surface area contributed by atoms with Crippen LogP contribution in [0.15, 0.2) is 18.3 Å². The van der Waals surface area contributed by atoms with Gasteiger partial charge in [-0.1, -0.05) is 6.07 Å². The third-order valence-corrected chi connectivity index (χ3v) is 2.90. The van der Waals surface area contributed by atoms with Crippen LogP contribution >= 0.6 is 0 Å². The second kappa shape index (κ2) is 3.11. The number of hydrogen-bond acceptors (Lipinski definition) is 2. The summed E-state index contributed by atoms with van der Waals surface area (Å²) in [5.74, 6) is 0. The molecular formula is C11H16N2. The lowest BCUT2D eigenvalue weighted by Gasteiger charge is -2.13. The summed E-state index contributed by atoms with van der Waals surface area (Å²) < 4.78 is 0. The first-order valence-electron chi connectivity index (χ1n) is 4.85. The summed E-state index contributed by atoms with van der Waals surface area (Å²) in [4.78, 5) is 4.30. The molecule has 1 saturated carbocycles. The predicted molar refractivity (Wildman–Crippen MR) is 53.7 cm³/mol. The SMILES string of the molecule is CNC1(Cc2ccc(C)nc2)CC1. The van der Waals surface area contributed by atoms with E-state index in [9.17, 15) is 0 Å². The molecule has 0 bridgehead atoms. The van der Waals surface area contributed by atoms with E-state index in [-0.39, 0.29) is 0 Å². The van der Waals surface area contributed by atoms with Crippen LogP contribution in [-0.4, -0.2) is 17.6 Å². The Hall–Kier alpha value is -0.890. The highest BCUT2D eigenvalue weighted by atomic mass is 15.0. The fourth-order valence-electron chi connectivity index (χ4n) is 1.66. The van der Waals surface area contributed by atoms with Crippen molar-refractivity contribution in [2.75, 3.05) is 7.05 Å². The molecule has 2 heteroatoms. The quantitative estimate of drug-likeness (QED) is 0.758. The average molecular weight is 176 g/mol. The Morgan fingerprint density at radius 2 is 2.23 bits per heavy atom. The van der Waals surface area contributed by atoms with Crippen LogP contribution in [0.4, 0.5) is 0 Å². The highest BCUT2D eigenvalue weighted by Gasteiger charge is 2.40. The van der Waals surface area contributed by atoms with E-state index < -0.39 is 0 Å². The second-order valence-corrected chi connectivity index (χ2v) is 4.01. The third kappa shape index (κ3) is 1.89. The van der Waals surface area contributed by atoms with E-state index in [0.717, 1.165) is 12.1 Å². The largest absolute Gasteiger partial charge is 0.314 e. The van der Waals surface area contributed by atoms with E-state index in [1.807, 2.05) is 13.1 Å². The molecule has 1 heterocycles. The second-order valence-electron chi connectivity index (χ2n) is 4.01.